The van der Waals surface area contributed by atoms with Crippen LogP contribution in [0.1, 0.15) is 24.6 Å². The van der Waals surface area contributed by atoms with Gasteiger partial charge in [0.15, 0.2) is 0 Å². The Morgan fingerprint density at radius 2 is 2.35 bits per heavy atom. The summed E-state index contributed by atoms with van der Waals surface area (Å²) >= 11 is 1.67. The lowest BCUT2D eigenvalue weighted by Crippen LogP contribution is -2.37. The summed E-state index contributed by atoms with van der Waals surface area (Å²) in [6, 6.07) is 3.81. The molecule has 5 nitrogen and oxygen atoms in total. The number of thiophene rings is 1. The highest BCUT2D eigenvalue weighted by molar-refractivity contribution is 7.07. The van der Waals surface area contributed by atoms with Crippen molar-refractivity contribution < 1.29 is 4.79 Å². The lowest BCUT2D eigenvalue weighted by atomic mass is 10.1. The zero-order valence-electron chi connectivity index (χ0n) is 12.0. The fraction of sp³-hybridized carbons (Fsp3) is 0.429. The van der Waals surface area contributed by atoms with Gasteiger partial charge in [-0.25, -0.2) is 0 Å². The van der Waals surface area contributed by atoms with E-state index in [4.69, 9.17) is 0 Å². The summed E-state index contributed by atoms with van der Waals surface area (Å²) in [7, 11) is 4.04. The fourth-order valence-corrected chi connectivity index (χ4v) is 2.75. The van der Waals surface area contributed by atoms with Crippen LogP contribution >= 0.6 is 11.3 Å². The summed E-state index contributed by atoms with van der Waals surface area (Å²) in [6.45, 7) is 2.44. The summed E-state index contributed by atoms with van der Waals surface area (Å²) in [5.41, 5.74) is 1.23. The quantitative estimate of drug-likeness (QED) is 0.885. The lowest BCUT2D eigenvalue weighted by molar-refractivity contribution is -0.124. The summed E-state index contributed by atoms with van der Waals surface area (Å²) in [4.78, 5) is 14.3. The molecule has 0 fully saturated rings. The van der Waals surface area contributed by atoms with E-state index < -0.39 is 0 Å². The Labute approximate surface area is 123 Å². The SMILES string of the molecule is C[C@H](C(=O)NC[C@@H](c1ccsc1)N(C)C)n1cccn1. The van der Waals surface area contributed by atoms with Crippen molar-refractivity contribution in [3.05, 3.63) is 40.8 Å². The third-order valence-corrected chi connectivity index (χ3v) is 4.02. The van der Waals surface area contributed by atoms with Crippen molar-refractivity contribution in [1.82, 2.24) is 20.0 Å². The molecule has 2 aromatic heterocycles. The molecule has 0 aromatic carbocycles. The molecule has 0 spiro atoms. The molecule has 0 unspecified atom stereocenters. The molecule has 20 heavy (non-hydrogen) atoms. The van der Waals surface area contributed by atoms with E-state index in [2.05, 4.69) is 32.1 Å². The Kier molecular flexibility index (Phi) is 4.92. The Morgan fingerprint density at radius 1 is 1.55 bits per heavy atom. The van der Waals surface area contributed by atoms with Crippen molar-refractivity contribution in [2.75, 3.05) is 20.6 Å². The topological polar surface area (TPSA) is 50.2 Å². The standard InChI is InChI=1S/C14H20N4OS/c1-11(18-7-4-6-16-18)14(19)15-9-13(17(2)3)12-5-8-20-10-12/h4-8,10-11,13H,9H2,1-3H3,(H,15,19)/t11-,13+/m1/s1. The first kappa shape index (κ1) is 14.7. The Balaban J connectivity index is 1.94. The van der Waals surface area contributed by atoms with Crippen molar-refractivity contribution in [2.24, 2.45) is 0 Å². The molecule has 2 heterocycles. The van der Waals surface area contributed by atoms with Crippen LogP contribution in [-0.4, -0.2) is 41.2 Å². The maximum Gasteiger partial charge on any atom is 0.244 e. The van der Waals surface area contributed by atoms with Gasteiger partial charge < -0.3 is 10.2 Å². The van der Waals surface area contributed by atoms with Gasteiger partial charge in [-0.3, -0.25) is 9.48 Å². The third-order valence-electron chi connectivity index (χ3n) is 3.32. The number of amides is 1. The highest BCUT2D eigenvalue weighted by Gasteiger charge is 2.19. The zero-order valence-corrected chi connectivity index (χ0v) is 12.8. The van der Waals surface area contributed by atoms with Gasteiger partial charge in [-0.05, 0) is 49.5 Å². The van der Waals surface area contributed by atoms with Crippen LogP contribution in [-0.2, 0) is 4.79 Å². The number of likely N-dealkylation sites (N-methyl/N-ethyl adjacent to an activating group) is 1. The molecule has 0 saturated carbocycles. The summed E-state index contributed by atoms with van der Waals surface area (Å²) in [5, 5.41) is 11.3. The molecule has 2 atom stereocenters. The van der Waals surface area contributed by atoms with E-state index in [0.29, 0.717) is 6.54 Å². The smallest absolute Gasteiger partial charge is 0.244 e. The molecule has 0 bridgehead atoms. The minimum atomic E-state index is -0.296. The molecular formula is C14H20N4OS. The summed E-state index contributed by atoms with van der Waals surface area (Å²) in [6.07, 6.45) is 3.48. The van der Waals surface area contributed by atoms with E-state index in [1.807, 2.05) is 27.1 Å². The van der Waals surface area contributed by atoms with E-state index in [1.165, 1.54) is 5.56 Å². The van der Waals surface area contributed by atoms with Crippen LogP contribution in [0.5, 0.6) is 0 Å². The second-order valence-electron chi connectivity index (χ2n) is 4.94. The van der Waals surface area contributed by atoms with Crippen LogP contribution in [0, 0.1) is 0 Å². The number of hydrogen-bond acceptors (Lipinski definition) is 4. The second kappa shape index (κ2) is 6.67. The van der Waals surface area contributed by atoms with E-state index in [9.17, 15) is 4.79 Å². The Bertz CT molecular complexity index is 521. The molecule has 0 saturated heterocycles. The van der Waals surface area contributed by atoms with Gasteiger partial charge in [0.05, 0.1) is 6.04 Å². The maximum atomic E-state index is 12.2. The fourth-order valence-electron chi connectivity index (χ4n) is 2.04. The molecule has 0 aliphatic carbocycles. The van der Waals surface area contributed by atoms with Gasteiger partial charge in [-0.15, -0.1) is 0 Å². The van der Waals surface area contributed by atoms with Gasteiger partial charge in [0.2, 0.25) is 5.91 Å². The van der Waals surface area contributed by atoms with Crippen LogP contribution in [0.2, 0.25) is 0 Å². The first-order chi connectivity index (χ1) is 9.59. The highest BCUT2D eigenvalue weighted by atomic mass is 32.1. The minimum Gasteiger partial charge on any atom is -0.352 e. The number of rotatable bonds is 6. The maximum absolute atomic E-state index is 12.2. The first-order valence-electron chi connectivity index (χ1n) is 6.55. The number of aromatic nitrogens is 2. The van der Waals surface area contributed by atoms with Crippen molar-refractivity contribution in [2.45, 2.75) is 19.0 Å². The number of nitrogens with one attached hydrogen (secondary N) is 1. The first-order valence-corrected chi connectivity index (χ1v) is 7.49. The molecule has 0 aliphatic heterocycles. The van der Waals surface area contributed by atoms with Gasteiger partial charge in [-0.1, -0.05) is 0 Å². The van der Waals surface area contributed by atoms with Gasteiger partial charge in [0, 0.05) is 18.9 Å². The molecule has 0 radical (unpaired) electrons. The molecule has 1 amide bonds. The number of carbonyl (C=O) groups excluding carboxylic acids is 1. The van der Waals surface area contributed by atoms with Gasteiger partial charge in [-0.2, -0.15) is 16.4 Å². The molecule has 2 rings (SSSR count). The van der Waals surface area contributed by atoms with Gasteiger partial charge in [0.1, 0.15) is 6.04 Å². The number of hydrogen-bond donors (Lipinski definition) is 1. The lowest BCUT2D eigenvalue weighted by Gasteiger charge is -2.24. The van der Waals surface area contributed by atoms with E-state index in [1.54, 1.807) is 28.4 Å². The highest BCUT2D eigenvalue weighted by Crippen LogP contribution is 2.20. The van der Waals surface area contributed by atoms with Crippen LogP contribution in [0.4, 0.5) is 0 Å². The molecule has 6 heteroatoms. The van der Waals surface area contributed by atoms with Gasteiger partial charge >= 0.3 is 0 Å². The average Bonchev–Trinajstić information content (AvgIpc) is 3.10. The van der Waals surface area contributed by atoms with Crippen molar-refractivity contribution >= 4 is 17.2 Å². The van der Waals surface area contributed by atoms with E-state index in [0.717, 1.165) is 0 Å². The average molecular weight is 292 g/mol. The third kappa shape index (κ3) is 3.46. The molecule has 2 aromatic rings. The monoisotopic (exact) mass is 292 g/mol. The summed E-state index contributed by atoms with van der Waals surface area (Å²) < 4.78 is 1.66. The predicted octanol–water partition coefficient (Wildman–Crippen LogP) is 1.92. The molecular weight excluding hydrogens is 272 g/mol. The van der Waals surface area contributed by atoms with Gasteiger partial charge in [0.25, 0.3) is 0 Å². The minimum absolute atomic E-state index is 0.0178. The summed E-state index contributed by atoms with van der Waals surface area (Å²) in [5.74, 6) is -0.0178. The zero-order chi connectivity index (χ0) is 14.5. The molecule has 108 valence electrons. The van der Waals surface area contributed by atoms with Crippen LogP contribution in [0.15, 0.2) is 35.3 Å². The van der Waals surface area contributed by atoms with Crippen LogP contribution < -0.4 is 5.32 Å². The normalized spacial score (nSPS) is 14.2. The Morgan fingerprint density at radius 3 is 2.90 bits per heavy atom. The Hall–Kier alpha value is -1.66. The van der Waals surface area contributed by atoms with Crippen LogP contribution in [0.25, 0.3) is 0 Å². The van der Waals surface area contributed by atoms with Crippen LogP contribution in [0.3, 0.4) is 0 Å². The largest absolute Gasteiger partial charge is 0.352 e. The predicted molar refractivity (Wildman–Crippen MR) is 80.7 cm³/mol. The van der Waals surface area contributed by atoms with Crippen molar-refractivity contribution in [1.29, 1.82) is 0 Å². The molecule has 1 N–H and O–H groups in total. The van der Waals surface area contributed by atoms with Crippen molar-refractivity contribution in [3.8, 4) is 0 Å². The number of nitrogens with zero attached hydrogens (tertiary/aromatic N) is 3. The van der Waals surface area contributed by atoms with Crippen molar-refractivity contribution in [3.63, 3.8) is 0 Å². The van der Waals surface area contributed by atoms with E-state index in [-0.39, 0.29) is 18.0 Å². The van der Waals surface area contributed by atoms with E-state index >= 15 is 0 Å². The molecule has 0 aliphatic rings. The number of carbonyl (C=O) groups is 1. The second-order valence-corrected chi connectivity index (χ2v) is 5.72.